The minimum absolute atomic E-state index is 0.0419. The molecule has 0 unspecified atom stereocenters. The first kappa shape index (κ1) is 11.4. The van der Waals surface area contributed by atoms with E-state index in [-0.39, 0.29) is 11.6 Å². The highest BCUT2D eigenvalue weighted by Gasteiger charge is 2.20. The molecule has 94 valence electrons. The summed E-state index contributed by atoms with van der Waals surface area (Å²) in [6.07, 6.45) is 2.83. The molecule has 1 aromatic heterocycles. The van der Waals surface area contributed by atoms with Crippen LogP contribution in [0, 0.1) is 5.82 Å². The number of hydrogen-bond acceptors (Lipinski definition) is 3. The van der Waals surface area contributed by atoms with E-state index in [1.807, 2.05) is 0 Å². The second-order valence-electron chi connectivity index (χ2n) is 4.69. The summed E-state index contributed by atoms with van der Waals surface area (Å²) in [5.41, 5.74) is 0.551. The first-order valence-corrected chi connectivity index (χ1v) is 6.18. The van der Waals surface area contributed by atoms with Crippen molar-refractivity contribution in [3.63, 3.8) is 0 Å². The van der Waals surface area contributed by atoms with Crippen LogP contribution in [0.1, 0.15) is 29.8 Å². The van der Waals surface area contributed by atoms with E-state index >= 15 is 0 Å². The summed E-state index contributed by atoms with van der Waals surface area (Å²) >= 11 is 0. The van der Waals surface area contributed by atoms with Gasteiger partial charge in [-0.1, -0.05) is 0 Å². The number of carbonyl (C=O) groups is 1. The number of ketones is 1. The van der Waals surface area contributed by atoms with Crippen LogP contribution in [0.25, 0.3) is 11.0 Å². The van der Waals surface area contributed by atoms with Gasteiger partial charge < -0.3 is 9.73 Å². The minimum Gasteiger partial charge on any atom is -0.453 e. The Labute approximate surface area is 104 Å². The first-order chi connectivity index (χ1) is 8.72. The van der Waals surface area contributed by atoms with Crippen molar-refractivity contribution in [2.45, 2.75) is 25.3 Å². The van der Waals surface area contributed by atoms with Crippen LogP contribution in [0.5, 0.6) is 0 Å². The molecule has 1 aliphatic carbocycles. The van der Waals surface area contributed by atoms with Crippen molar-refractivity contribution < 1.29 is 13.6 Å². The highest BCUT2D eigenvalue weighted by Crippen LogP contribution is 2.22. The van der Waals surface area contributed by atoms with Crippen LogP contribution in [0.4, 0.5) is 4.39 Å². The van der Waals surface area contributed by atoms with E-state index in [4.69, 9.17) is 4.42 Å². The van der Waals surface area contributed by atoms with Crippen LogP contribution in [0.2, 0.25) is 0 Å². The Morgan fingerprint density at radius 3 is 3.00 bits per heavy atom. The quantitative estimate of drug-likeness (QED) is 0.826. The van der Waals surface area contributed by atoms with Gasteiger partial charge in [0.1, 0.15) is 11.4 Å². The summed E-state index contributed by atoms with van der Waals surface area (Å²) in [7, 11) is 0. The lowest BCUT2D eigenvalue weighted by molar-refractivity contribution is 0.0958. The van der Waals surface area contributed by atoms with Gasteiger partial charge in [-0.05, 0) is 37.1 Å². The van der Waals surface area contributed by atoms with E-state index in [9.17, 15) is 9.18 Å². The number of rotatable bonds is 5. The largest absolute Gasteiger partial charge is 0.453 e. The molecule has 1 N–H and O–H groups in total. The summed E-state index contributed by atoms with van der Waals surface area (Å²) in [5, 5.41) is 3.91. The molecule has 0 bridgehead atoms. The number of Topliss-reactive ketones (excluding diaryl/α,β-unsaturated/α-hetero) is 1. The van der Waals surface area contributed by atoms with Crippen LogP contribution < -0.4 is 5.32 Å². The summed E-state index contributed by atoms with van der Waals surface area (Å²) in [4.78, 5) is 11.9. The minimum atomic E-state index is -0.322. The fraction of sp³-hybridized carbons (Fsp3) is 0.357. The van der Waals surface area contributed by atoms with Gasteiger partial charge in [-0.2, -0.15) is 0 Å². The predicted octanol–water partition coefficient (Wildman–Crippen LogP) is 2.90. The average molecular weight is 247 g/mol. The molecule has 1 aliphatic rings. The van der Waals surface area contributed by atoms with Crippen molar-refractivity contribution in [1.82, 2.24) is 5.32 Å². The highest BCUT2D eigenvalue weighted by atomic mass is 19.1. The van der Waals surface area contributed by atoms with Crippen molar-refractivity contribution in [3.05, 3.63) is 35.8 Å². The lowest BCUT2D eigenvalue weighted by atomic mass is 10.2. The number of hydrogen-bond donors (Lipinski definition) is 1. The van der Waals surface area contributed by atoms with Gasteiger partial charge in [0.05, 0.1) is 0 Å². The van der Waals surface area contributed by atoms with Crippen LogP contribution in [0.3, 0.4) is 0 Å². The lowest BCUT2D eigenvalue weighted by Crippen LogP contribution is -2.20. The molecule has 1 saturated carbocycles. The van der Waals surface area contributed by atoms with Gasteiger partial charge in [0.15, 0.2) is 11.5 Å². The SMILES string of the molecule is O=C(CCNC1CC1)c1cc2cc(F)ccc2o1. The molecule has 4 heteroatoms. The molecule has 3 nitrogen and oxygen atoms in total. The van der Waals surface area contributed by atoms with Crippen LogP contribution >= 0.6 is 0 Å². The monoisotopic (exact) mass is 247 g/mol. The fourth-order valence-electron chi connectivity index (χ4n) is 1.95. The van der Waals surface area contributed by atoms with Crippen molar-refractivity contribution >= 4 is 16.8 Å². The van der Waals surface area contributed by atoms with Crippen LogP contribution in [0.15, 0.2) is 28.7 Å². The molecular weight excluding hydrogens is 233 g/mol. The van der Waals surface area contributed by atoms with Crippen molar-refractivity contribution in [1.29, 1.82) is 0 Å². The van der Waals surface area contributed by atoms with Crippen molar-refractivity contribution in [2.24, 2.45) is 0 Å². The number of fused-ring (bicyclic) bond motifs is 1. The zero-order valence-electron chi connectivity index (χ0n) is 9.91. The molecule has 0 aliphatic heterocycles. The number of halogens is 1. The van der Waals surface area contributed by atoms with Gasteiger partial charge in [-0.25, -0.2) is 4.39 Å². The van der Waals surface area contributed by atoms with E-state index in [1.165, 1.54) is 25.0 Å². The third-order valence-corrected chi connectivity index (χ3v) is 3.12. The first-order valence-electron chi connectivity index (χ1n) is 6.18. The molecule has 18 heavy (non-hydrogen) atoms. The summed E-state index contributed by atoms with van der Waals surface area (Å²) < 4.78 is 18.4. The van der Waals surface area contributed by atoms with E-state index in [1.54, 1.807) is 12.1 Å². The van der Waals surface area contributed by atoms with E-state index in [0.29, 0.717) is 35.7 Å². The van der Waals surface area contributed by atoms with Gasteiger partial charge in [-0.3, -0.25) is 4.79 Å². The molecule has 1 aromatic carbocycles. The Morgan fingerprint density at radius 1 is 1.39 bits per heavy atom. The van der Waals surface area contributed by atoms with E-state index < -0.39 is 0 Å². The molecule has 0 spiro atoms. The lowest BCUT2D eigenvalue weighted by Gasteiger charge is -1.99. The second-order valence-corrected chi connectivity index (χ2v) is 4.69. The smallest absolute Gasteiger partial charge is 0.199 e. The number of furan rings is 1. The highest BCUT2D eigenvalue weighted by molar-refractivity contribution is 5.97. The maximum absolute atomic E-state index is 13.0. The predicted molar refractivity (Wildman–Crippen MR) is 66.1 cm³/mol. The van der Waals surface area contributed by atoms with Gasteiger partial charge >= 0.3 is 0 Å². The van der Waals surface area contributed by atoms with Crippen LogP contribution in [-0.2, 0) is 0 Å². The Bertz CT molecular complexity index is 586. The van der Waals surface area contributed by atoms with Crippen LogP contribution in [-0.4, -0.2) is 18.4 Å². The molecule has 3 rings (SSSR count). The van der Waals surface area contributed by atoms with Gasteiger partial charge in [-0.15, -0.1) is 0 Å². The molecule has 0 atom stereocenters. The van der Waals surface area contributed by atoms with Gasteiger partial charge in [0.2, 0.25) is 0 Å². The topological polar surface area (TPSA) is 42.2 Å². The Balaban J connectivity index is 1.70. The second kappa shape index (κ2) is 4.53. The Morgan fingerprint density at radius 2 is 2.22 bits per heavy atom. The summed E-state index contributed by atoms with van der Waals surface area (Å²) in [6.45, 7) is 0.676. The molecule has 1 heterocycles. The van der Waals surface area contributed by atoms with Gasteiger partial charge in [0, 0.05) is 24.4 Å². The number of nitrogens with one attached hydrogen (secondary N) is 1. The molecular formula is C14H14FNO2. The van der Waals surface area contributed by atoms with E-state index in [0.717, 1.165) is 0 Å². The summed E-state index contributed by atoms with van der Waals surface area (Å²) in [6, 6.07) is 6.46. The zero-order valence-corrected chi connectivity index (χ0v) is 9.91. The standard InChI is InChI=1S/C14H14FNO2/c15-10-1-4-13-9(7-10)8-14(18-13)12(17)5-6-16-11-2-3-11/h1,4,7-8,11,16H,2-3,5-6H2. The van der Waals surface area contributed by atoms with Gasteiger partial charge in [0.25, 0.3) is 0 Å². The number of benzene rings is 1. The number of carbonyl (C=O) groups excluding carboxylic acids is 1. The third-order valence-electron chi connectivity index (χ3n) is 3.12. The molecule has 0 radical (unpaired) electrons. The van der Waals surface area contributed by atoms with Crippen molar-refractivity contribution in [3.8, 4) is 0 Å². The fourth-order valence-corrected chi connectivity index (χ4v) is 1.95. The summed E-state index contributed by atoms with van der Waals surface area (Å²) in [5.74, 6) is -0.0503. The van der Waals surface area contributed by atoms with E-state index in [2.05, 4.69) is 5.32 Å². The maximum atomic E-state index is 13.0. The Hall–Kier alpha value is -1.68. The third kappa shape index (κ3) is 2.43. The maximum Gasteiger partial charge on any atom is 0.199 e. The molecule has 1 fully saturated rings. The molecule has 0 saturated heterocycles. The molecule has 2 aromatic rings. The Kier molecular flexibility index (Phi) is 2.88. The van der Waals surface area contributed by atoms with Crippen molar-refractivity contribution in [2.75, 3.05) is 6.54 Å². The average Bonchev–Trinajstić information content (AvgIpc) is 3.06. The molecule has 0 amide bonds. The normalized spacial score (nSPS) is 15.2. The zero-order chi connectivity index (χ0) is 12.5.